The van der Waals surface area contributed by atoms with Gasteiger partial charge in [-0.1, -0.05) is 18.2 Å². The van der Waals surface area contributed by atoms with Crippen molar-refractivity contribution >= 4 is 11.6 Å². The number of guanidine groups is 1. The highest BCUT2D eigenvalue weighted by Crippen LogP contribution is 2.29. The summed E-state index contributed by atoms with van der Waals surface area (Å²) in [5.41, 5.74) is 2.40. The zero-order valence-electron chi connectivity index (χ0n) is 17.2. The second-order valence-corrected chi connectivity index (χ2v) is 7.86. The van der Waals surface area contributed by atoms with Crippen LogP contribution in [-0.2, 0) is 6.54 Å². The SMILES string of the molecule is CCNC(=NCc1ccnc(OCC2CC2)c1)NC1CCN(c2ccccc2)C1. The first-order valence-electron chi connectivity index (χ1n) is 10.7. The van der Waals surface area contributed by atoms with Crippen LogP contribution in [0.25, 0.3) is 0 Å². The lowest BCUT2D eigenvalue weighted by Gasteiger charge is -2.20. The van der Waals surface area contributed by atoms with Gasteiger partial charge in [0.25, 0.3) is 0 Å². The molecule has 4 rings (SSSR count). The van der Waals surface area contributed by atoms with Crippen molar-refractivity contribution in [3.8, 4) is 5.88 Å². The van der Waals surface area contributed by atoms with Crippen molar-refractivity contribution in [1.82, 2.24) is 15.6 Å². The highest BCUT2D eigenvalue weighted by molar-refractivity contribution is 5.80. The van der Waals surface area contributed by atoms with E-state index in [1.54, 1.807) is 0 Å². The number of hydrogen-bond acceptors (Lipinski definition) is 4. The van der Waals surface area contributed by atoms with E-state index in [1.165, 1.54) is 18.5 Å². The molecule has 1 atom stereocenters. The summed E-state index contributed by atoms with van der Waals surface area (Å²) in [6.45, 7) is 6.37. The van der Waals surface area contributed by atoms with Crippen molar-refractivity contribution in [1.29, 1.82) is 0 Å². The van der Waals surface area contributed by atoms with E-state index in [2.05, 4.69) is 57.8 Å². The number of nitrogens with zero attached hydrogens (tertiary/aromatic N) is 3. The van der Waals surface area contributed by atoms with Gasteiger partial charge in [-0.05, 0) is 55.9 Å². The Bertz CT molecular complexity index is 806. The summed E-state index contributed by atoms with van der Waals surface area (Å²) >= 11 is 0. The largest absolute Gasteiger partial charge is 0.477 e. The molecule has 2 aliphatic rings. The smallest absolute Gasteiger partial charge is 0.213 e. The Morgan fingerprint density at radius 1 is 1.21 bits per heavy atom. The maximum atomic E-state index is 5.79. The van der Waals surface area contributed by atoms with Gasteiger partial charge in [-0.3, -0.25) is 0 Å². The van der Waals surface area contributed by atoms with E-state index in [4.69, 9.17) is 9.73 Å². The van der Waals surface area contributed by atoms with Crippen molar-refractivity contribution in [2.75, 3.05) is 31.1 Å². The molecule has 6 heteroatoms. The number of pyridine rings is 1. The van der Waals surface area contributed by atoms with Gasteiger partial charge in [0, 0.05) is 43.6 Å². The zero-order chi connectivity index (χ0) is 19.9. The second kappa shape index (κ2) is 9.63. The standard InChI is InChI=1S/C23H31N5O/c1-2-24-23(27-20-11-13-28(16-20)21-6-4-3-5-7-21)26-15-19-10-12-25-22(14-19)29-17-18-8-9-18/h3-7,10,12,14,18,20H,2,8-9,11,13,15-17H2,1H3,(H2,24,26,27). The number of aliphatic imine (C=N–C) groups is 1. The molecule has 0 amide bonds. The average Bonchev–Trinajstić information content (AvgIpc) is 3.48. The van der Waals surface area contributed by atoms with Crippen LogP contribution in [-0.4, -0.2) is 43.2 Å². The van der Waals surface area contributed by atoms with Gasteiger partial charge < -0.3 is 20.3 Å². The predicted octanol–water partition coefficient (Wildman–Crippen LogP) is 3.20. The maximum Gasteiger partial charge on any atom is 0.213 e. The van der Waals surface area contributed by atoms with Crippen LogP contribution in [0.15, 0.2) is 53.7 Å². The van der Waals surface area contributed by atoms with Gasteiger partial charge in [0.15, 0.2) is 5.96 Å². The monoisotopic (exact) mass is 393 g/mol. The number of para-hydroxylation sites is 1. The predicted molar refractivity (Wildman–Crippen MR) is 117 cm³/mol. The molecule has 6 nitrogen and oxygen atoms in total. The lowest BCUT2D eigenvalue weighted by Crippen LogP contribution is -2.44. The van der Waals surface area contributed by atoms with E-state index >= 15 is 0 Å². The van der Waals surface area contributed by atoms with Crippen LogP contribution in [0.3, 0.4) is 0 Å². The second-order valence-electron chi connectivity index (χ2n) is 7.86. The summed E-state index contributed by atoms with van der Waals surface area (Å²) in [5.74, 6) is 2.30. The summed E-state index contributed by atoms with van der Waals surface area (Å²) < 4.78 is 5.79. The summed E-state index contributed by atoms with van der Waals surface area (Å²) in [5, 5.41) is 6.97. The molecule has 1 unspecified atom stereocenters. The number of ether oxygens (including phenoxy) is 1. The molecule has 1 aromatic heterocycles. The van der Waals surface area contributed by atoms with E-state index in [9.17, 15) is 0 Å². The Morgan fingerprint density at radius 3 is 2.86 bits per heavy atom. The van der Waals surface area contributed by atoms with Gasteiger partial charge in [-0.2, -0.15) is 0 Å². The fourth-order valence-corrected chi connectivity index (χ4v) is 3.55. The van der Waals surface area contributed by atoms with Gasteiger partial charge >= 0.3 is 0 Å². The third-order valence-corrected chi connectivity index (χ3v) is 5.38. The molecule has 0 radical (unpaired) electrons. The first-order chi connectivity index (χ1) is 14.3. The summed E-state index contributed by atoms with van der Waals surface area (Å²) in [7, 11) is 0. The molecule has 29 heavy (non-hydrogen) atoms. The number of aromatic nitrogens is 1. The van der Waals surface area contributed by atoms with Crippen LogP contribution in [0.5, 0.6) is 5.88 Å². The number of anilines is 1. The molecule has 2 heterocycles. The molecule has 1 aliphatic heterocycles. The van der Waals surface area contributed by atoms with E-state index < -0.39 is 0 Å². The van der Waals surface area contributed by atoms with E-state index in [-0.39, 0.29) is 0 Å². The van der Waals surface area contributed by atoms with Crippen molar-refractivity contribution in [3.05, 3.63) is 54.2 Å². The third kappa shape index (κ3) is 5.86. The Kier molecular flexibility index (Phi) is 6.49. The Labute approximate surface area is 173 Å². The van der Waals surface area contributed by atoms with Crippen LogP contribution in [0.4, 0.5) is 5.69 Å². The van der Waals surface area contributed by atoms with Crippen molar-refractivity contribution < 1.29 is 4.74 Å². The summed E-state index contributed by atoms with van der Waals surface area (Å²) in [6.07, 6.45) is 5.48. The molecule has 2 N–H and O–H groups in total. The summed E-state index contributed by atoms with van der Waals surface area (Å²) in [4.78, 5) is 11.5. The quantitative estimate of drug-likeness (QED) is 0.533. The Balaban J connectivity index is 1.32. The van der Waals surface area contributed by atoms with Gasteiger partial charge in [0.2, 0.25) is 5.88 Å². The molecule has 2 fully saturated rings. The molecule has 0 bridgehead atoms. The van der Waals surface area contributed by atoms with Crippen molar-refractivity contribution in [2.24, 2.45) is 10.9 Å². The van der Waals surface area contributed by atoms with Gasteiger partial charge in [-0.15, -0.1) is 0 Å². The lowest BCUT2D eigenvalue weighted by atomic mass is 10.2. The highest BCUT2D eigenvalue weighted by atomic mass is 16.5. The molecule has 154 valence electrons. The van der Waals surface area contributed by atoms with E-state index in [0.29, 0.717) is 18.5 Å². The number of hydrogen-bond donors (Lipinski definition) is 2. The average molecular weight is 394 g/mol. The minimum atomic E-state index is 0.392. The van der Waals surface area contributed by atoms with Gasteiger partial charge in [0.05, 0.1) is 13.2 Å². The van der Waals surface area contributed by atoms with Gasteiger partial charge in [0.1, 0.15) is 0 Å². The number of nitrogens with one attached hydrogen (secondary N) is 2. The number of rotatable bonds is 8. The fraction of sp³-hybridized carbons (Fsp3) is 0.478. The molecule has 1 aromatic carbocycles. The number of benzene rings is 1. The Hall–Kier alpha value is -2.76. The van der Waals surface area contributed by atoms with Crippen LogP contribution in [0, 0.1) is 5.92 Å². The summed E-state index contributed by atoms with van der Waals surface area (Å²) in [6, 6.07) is 15.0. The van der Waals surface area contributed by atoms with Crippen LogP contribution >= 0.6 is 0 Å². The normalized spacial score (nSPS) is 19.3. The first kappa shape index (κ1) is 19.6. The van der Waals surface area contributed by atoms with E-state index in [1.807, 2.05) is 18.3 Å². The molecule has 1 aliphatic carbocycles. The fourth-order valence-electron chi connectivity index (χ4n) is 3.55. The molecule has 1 saturated heterocycles. The lowest BCUT2D eigenvalue weighted by molar-refractivity contribution is 0.288. The van der Waals surface area contributed by atoms with Crippen molar-refractivity contribution in [2.45, 2.75) is 38.8 Å². The molecule has 1 saturated carbocycles. The highest BCUT2D eigenvalue weighted by Gasteiger charge is 2.23. The maximum absolute atomic E-state index is 5.79. The van der Waals surface area contributed by atoms with Crippen LogP contribution in [0.2, 0.25) is 0 Å². The molecular weight excluding hydrogens is 362 g/mol. The first-order valence-corrected chi connectivity index (χ1v) is 10.7. The Morgan fingerprint density at radius 2 is 2.07 bits per heavy atom. The molecule has 0 spiro atoms. The van der Waals surface area contributed by atoms with Gasteiger partial charge in [-0.25, -0.2) is 9.98 Å². The topological polar surface area (TPSA) is 61.8 Å². The molecule has 2 aromatic rings. The minimum Gasteiger partial charge on any atom is -0.477 e. The third-order valence-electron chi connectivity index (χ3n) is 5.38. The minimum absolute atomic E-state index is 0.392. The van der Waals surface area contributed by atoms with Crippen LogP contribution < -0.4 is 20.3 Å². The van der Waals surface area contributed by atoms with E-state index in [0.717, 1.165) is 50.1 Å². The van der Waals surface area contributed by atoms with Crippen molar-refractivity contribution in [3.63, 3.8) is 0 Å². The van der Waals surface area contributed by atoms with Crippen LogP contribution in [0.1, 0.15) is 31.7 Å². The molecular formula is C23H31N5O. The zero-order valence-corrected chi connectivity index (χ0v) is 17.2.